The van der Waals surface area contributed by atoms with Gasteiger partial charge in [0.1, 0.15) is 5.82 Å². The number of carbonyl (C=O) groups excluding carboxylic acids is 1. The molecule has 1 aromatic rings. The third kappa shape index (κ3) is 3.15. The molecule has 1 nitrogen and oxygen atoms in total. The van der Waals surface area contributed by atoms with Gasteiger partial charge in [-0.1, -0.05) is 26.3 Å². The van der Waals surface area contributed by atoms with Crippen LogP contribution in [-0.4, -0.2) is 5.78 Å². The number of hydrogen-bond donors (Lipinski definition) is 0. The summed E-state index contributed by atoms with van der Waals surface area (Å²) in [7, 11) is 0. The summed E-state index contributed by atoms with van der Waals surface area (Å²) in [6, 6.07) is 4.79. The first kappa shape index (κ1) is 11.9. The summed E-state index contributed by atoms with van der Waals surface area (Å²) >= 11 is 0. The van der Waals surface area contributed by atoms with E-state index >= 15 is 0 Å². The van der Waals surface area contributed by atoms with Crippen LogP contribution in [0.2, 0.25) is 0 Å². The number of unbranched alkanes of at least 4 members (excludes halogenated alkanes) is 1. The molecule has 1 rings (SSSR count). The van der Waals surface area contributed by atoms with Crippen LogP contribution in [-0.2, 0) is 6.42 Å². The number of rotatable bonds is 5. The fraction of sp³-hybridized carbons (Fsp3) is 0.462. The number of hydrogen-bond acceptors (Lipinski definition) is 1. The van der Waals surface area contributed by atoms with Crippen molar-refractivity contribution in [3.05, 3.63) is 35.1 Å². The second-order valence-corrected chi connectivity index (χ2v) is 3.69. The number of aryl methyl sites for hydroxylation is 1. The second-order valence-electron chi connectivity index (χ2n) is 3.69. The zero-order valence-electron chi connectivity index (χ0n) is 9.35. The Kier molecular flexibility index (Phi) is 4.47. The minimum atomic E-state index is -0.395. The van der Waals surface area contributed by atoms with Gasteiger partial charge in [0, 0.05) is 6.42 Å². The number of ketones is 1. The van der Waals surface area contributed by atoms with Gasteiger partial charge in [-0.25, -0.2) is 4.39 Å². The van der Waals surface area contributed by atoms with Gasteiger partial charge in [0.05, 0.1) is 5.56 Å². The summed E-state index contributed by atoms with van der Waals surface area (Å²) in [5.41, 5.74) is 1.26. The Morgan fingerprint density at radius 1 is 1.33 bits per heavy atom. The van der Waals surface area contributed by atoms with Crippen molar-refractivity contribution in [2.75, 3.05) is 0 Å². The van der Waals surface area contributed by atoms with Crippen LogP contribution >= 0.6 is 0 Å². The third-order valence-electron chi connectivity index (χ3n) is 2.50. The molecule has 0 N–H and O–H groups in total. The van der Waals surface area contributed by atoms with Gasteiger partial charge in [-0.15, -0.1) is 0 Å². The van der Waals surface area contributed by atoms with Gasteiger partial charge in [-0.05, 0) is 30.5 Å². The molecule has 0 aliphatic heterocycles. The molecule has 0 saturated heterocycles. The molecule has 0 spiro atoms. The minimum Gasteiger partial charge on any atom is -0.294 e. The molecule has 2 heteroatoms. The standard InChI is InChI=1S/C13H17FO/c1-3-5-6-13(15)11-9-10(4-2)7-8-12(11)14/h7-9H,3-6H2,1-2H3. The number of benzene rings is 1. The van der Waals surface area contributed by atoms with Gasteiger partial charge < -0.3 is 0 Å². The molecule has 82 valence electrons. The van der Waals surface area contributed by atoms with Crippen LogP contribution in [0, 0.1) is 5.82 Å². The lowest BCUT2D eigenvalue weighted by atomic mass is 10.0. The average Bonchev–Trinajstić information content (AvgIpc) is 2.26. The topological polar surface area (TPSA) is 17.1 Å². The summed E-state index contributed by atoms with van der Waals surface area (Å²) in [4.78, 5) is 11.7. The Hall–Kier alpha value is -1.18. The summed E-state index contributed by atoms with van der Waals surface area (Å²) in [5.74, 6) is -0.474. The SMILES string of the molecule is CCCCC(=O)c1cc(CC)ccc1F. The van der Waals surface area contributed by atoms with E-state index in [4.69, 9.17) is 0 Å². The Balaban J connectivity index is 2.86. The Morgan fingerprint density at radius 3 is 2.67 bits per heavy atom. The molecule has 0 unspecified atom stereocenters. The first-order chi connectivity index (χ1) is 7.19. The van der Waals surface area contributed by atoms with Crippen molar-refractivity contribution < 1.29 is 9.18 Å². The highest BCUT2D eigenvalue weighted by atomic mass is 19.1. The number of Topliss-reactive ketones (excluding diaryl/α,β-unsaturated/α-hetero) is 1. The molecule has 0 bridgehead atoms. The quantitative estimate of drug-likeness (QED) is 0.673. The van der Waals surface area contributed by atoms with E-state index in [2.05, 4.69) is 0 Å². The van der Waals surface area contributed by atoms with E-state index in [1.165, 1.54) is 6.07 Å². The molecule has 0 aromatic heterocycles. The summed E-state index contributed by atoms with van der Waals surface area (Å²) in [5, 5.41) is 0. The molecule has 0 radical (unpaired) electrons. The van der Waals surface area contributed by atoms with Gasteiger partial charge in [0.2, 0.25) is 0 Å². The highest BCUT2D eigenvalue weighted by Gasteiger charge is 2.11. The maximum atomic E-state index is 13.4. The average molecular weight is 208 g/mol. The molecule has 15 heavy (non-hydrogen) atoms. The Labute approximate surface area is 90.3 Å². The van der Waals surface area contributed by atoms with Crippen LogP contribution in [0.5, 0.6) is 0 Å². The third-order valence-corrected chi connectivity index (χ3v) is 2.50. The van der Waals surface area contributed by atoms with Crippen LogP contribution in [0.25, 0.3) is 0 Å². The first-order valence-electron chi connectivity index (χ1n) is 5.50. The van der Waals surface area contributed by atoms with Crippen LogP contribution in [0.15, 0.2) is 18.2 Å². The molecule has 0 atom stereocenters. The smallest absolute Gasteiger partial charge is 0.165 e. The highest BCUT2D eigenvalue weighted by molar-refractivity contribution is 5.96. The van der Waals surface area contributed by atoms with Gasteiger partial charge >= 0.3 is 0 Å². The fourth-order valence-electron chi connectivity index (χ4n) is 1.48. The Morgan fingerprint density at radius 2 is 2.07 bits per heavy atom. The van der Waals surface area contributed by atoms with Crippen LogP contribution in [0.3, 0.4) is 0 Å². The van der Waals surface area contributed by atoms with E-state index in [1.54, 1.807) is 12.1 Å². The summed E-state index contributed by atoms with van der Waals surface area (Å²) in [6.07, 6.45) is 3.06. The van der Waals surface area contributed by atoms with Crippen LogP contribution in [0.1, 0.15) is 49.0 Å². The van der Waals surface area contributed by atoms with Crippen molar-refractivity contribution in [2.45, 2.75) is 39.5 Å². The predicted octanol–water partition coefficient (Wildman–Crippen LogP) is 3.76. The lowest BCUT2D eigenvalue weighted by Crippen LogP contribution is -2.03. The molecule has 0 aliphatic rings. The normalized spacial score (nSPS) is 10.3. The lowest BCUT2D eigenvalue weighted by Gasteiger charge is -2.04. The molecule has 0 amide bonds. The number of carbonyl (C=O) groups is 1. The predicted molar refractivity (Wildman–Crippen MR) is 59.6 cm³/mol. The largest absolute Gasteiger partial charge is 0.294 e. The molecule has 0 heterocycles. The molecule has 0 saturated carbocycles. The van der Waals surface area contributed by atoms with Gasteiger partial charge in [-0.3, -0.25) is 4.79 Å². The van der Waals surface area contributed by atoms with Crippen LogP contribution < -0.4 is 0 Å². The lowest BCUT2D eigenvalue weighted by molar-refractivity contribution is 0.0976. The minimum absolute atomic E-state index is 0.0790. The molecule has 0 aliphatic carbocycles. The van der Waals surface area contributed by atoms with Crippen molar-refractivity contribution in [1.29, 1.82) is 0 Å². The van der Waals surface area contributed by atoms with Gasteiger partial charge in [0.15, 0.2) is 5.78 Å². The Bertz CT molecular complexity index is 344. The maximum absolute atomic E-state index is 13.4. The summed E-state index contributed by atoms with van der Waals surface area (Å²) < 4.78 is 13.4. The second kappa shape index (κ2) is 5.64. The van der Waals surface area contributed by atoms with E-state index in [9.17, 15) is 9.18 Å². The molecular formula is C13H17FO. The van der Waals surface area contributed by atoms with E-state index in [0.29, 0.717) is 6.42 Å². The van der Waals surface area contributed by atoms with Gasteiger partial charge in [-0.2, -0.15) is 0 Å². The van der Waals surface area contributed by atoms with Crippen molar-refractivity contribution >= 4 is 5.78 Å². The van der Waals surface area contributed by atoms with E-state index in [1.807, 2.05) is 13.8 Å². The molecular weight excluding hydrogens is 191 g/mol. The van der Waals surface area contributed by atoms with Crippen molar-refractivity contribution in [3.63, 3.8) is 0 Å². The molecule has 0 fully saturated rings. The summed E-state index contributed by atoms with van der Waals surface area (Å²) in [6.45, 7) is 4.01. The fourth-order valence-corrected chi connectivity index (χ4v) is 1.48. The van der Waals surface area contributed by atoms with Gasteiger partial charge in [0.25, 0.3) is 0 Å². The number of halogens is 1. The van der Waals surface area contributed by atoms with Crippen molar-refractivity contribution in [1.82, 2.24) is 0 Å². The zero-order chi connectivity index (χ0) is 11.3. The highest BCUT2D eigenvalue weighted by Crippen LogP contribution is 2.14. The maximum Gasteiger partial charge on any atom is 0.165 e. The van der Waals surface area contributed by atoms with Crippen molar-refractivity contribution in [3.8, 4) is 0 Å². The zero-order valence-corrected chi connectivity index (χ0v) is 9.35. The molecule has 1 aromatic carbocycles. The first-order valence-corrected chi connectivity index (χ1v) is 5.50. The van der Waals surface area contributed by atoms with Crippen LogP contribution in [0.4, 0.5) is 4.39 Å². The van der Waals surface area contributed by atoms with E-state index < -0.39 is 5.82 Å². The van der Waals surface area contributed by atoms with E-state index in [0.717, 1.165) is 24.8 Å². The van der Waals surface area contributed by atoms with Crippen molar-refractivity contribution in [2.24, 2.45) is 0 Å². The monoisotopic (exact) mass is 208 g/mol. The van der Waals surface area contributed by atoms with E-state index in [-0.39, 0.29) is 11.3 Å².